The molecule has 0 aliphatic carbocycles. The monoisotopic (exact) mass is 327 g/mol. The van der Waals surface area contributed by atoms with Crippen molar-refractivity contribution in [3.8, 4) is 0 Å². The van der Waals surface area contributed by atoms with Crippen molar-refractivity contribution in [2.24, 2.45) is 0 Å². The van der Waals surface area contributed by atoms with Crippen LogP contribution in [0, 0.1) is 0 Å². The minimum atomic E-state index is -0.624. The van der Waals surface area contributed by atoms with Crippen molar-refractivity contribution in [2.75, 3.05) is 39.5 Å². The minimum absolute atomic E-state index is 0.0990. The molecule has 2 heterocycles. The second-order valence-corrected chi connectivity index (χ2v) is 7.04. The summed E-state index contributed by atoms with van der Waals surface area (Å²) in [5.74, 6) is 0. The van der Waals surface area contributed by atoms with Gasteiger partial charge in [-0.3, -0.25) is 4.90 Å². The van der Waals surface area contributed by atoms with Crippen molar-refractivity contribution in [1.29, 1.82) is 0 Å². The molecule has 22 heavy (non-hydrogen) atoms. The second-order valence-electron chi connectivity index (χ2n) is 6.06. The maximum absolute atomic E-state index is 12.0. The summed E-state index contributed by atoms with van der Waals surface area (Å²) in [6, 6.07) is 4.03. The first-order chi connectivity index (χ1) is 10.5. The summed E-state index contributed by atoms with van der Waals surface area (Å²) in [5, 5.41) is 17.0. The van der Waals surface area contributed by atoms with Gasteiger partial charge >= 0.3 is 6.03 Å². The Labute approximate surface area is 135 Å². The summed E-state index contributed by atoms with van der Waals surface area (Å²) >= 11 is 1.70. The lowest BCUT2D eigenvalue weighted by molar-refractivity contribution is 0.0173. The molecule has 2 amide bonds. The zero-order valence-electron chi connectivity index (χ0n) is 13.2. The molecule has 2 rings (SSSR count). The lowest BCUT2D eigenvalue weighted by Gasteiger charge is -2.34. The number of thiophene rings is 1. The number of aliphatic hydroxyl groups is 1. The molecular weight excluding hydrogens is 302 g/mol. The van der Waals surface area contributed by atoms with E-state index >= 15 is 0 Å². The first-order valence-electron chi connectivity index (χ1n) is 7.54. The van der Waals surface area contributed by atoms with Crippen LogP contribution in [0.3, 0.4) is 0 Å². The highest BCUT2D eigenvalue weighted by atomic mass is 32.1. The predicted molar refractivity (Wildman–Crippen MR) is 87.2 cm³/mol. The number of amides is 2. The molecule has 0 spiro atoms. The molecule has 1 aliphatic heterocycles. The summed E-state index contributed by atoms with van der Waals surface area (Å²) in [4.78, 5) is 15.6. The lowest BCUT2D eigenvalue weighted by atomic mass is 10.1. The van der Waals surface area contributed by atoms with Crippen molar-refractivity contribution in [3.05, 3.63) is 22.4 Å². The second kappa shape index (κ2) is 7.92. The maximum atomic E-state index is 12.0. The van der Waals surface area contributed by atoms with Gasteiger partial charge in [0.1, 0.15) is 0 Å². The zero-order valence-corrected chi connectivity index (χ0v) is 14.0. The molecule has 124 valence electrons. The molecule has 1 aliphatic rings. The average molecular weight is 327 g/mol. The third-order valence-electron chi connectivity index (χ3n) is 3.66. The summed E-state index contributed by atoms with van der Waals surface area (Å²) in [6.45, 7) is 7.20. The van der Waals surface area contributed by atoms with E-state index in [1.807, 2.05) is 6.07 Å². The maximum Gasteiger partial charge on any atom is 0.315 e. The third-order valence-corrected chi connectivity index (χ3v) is 4.63. The summed E-state index contributed by atoms with van der Waals surface area (Å²) in [5.41, 5.74) is -0.624. The van der Waals surface area contributed by atoms with E-state index in [0.29, 0.717) is 6.54 Å². The number of carbonyl (C=O) groups excluding carboxylic acids is 1. The van der Waals surface area contributed by atoms with Gasteiger partial charge in [-0.25, -0.2) is 4.79 Å². The predicted octanol–water partition coefficient (Wildman–Crippen LogP) is 1.19. The van der Waals surface area contributed by atoms with Gasteiger partial charge in [0.05, 0.1) is 31.4 Å². The fraction of sp³-hybridized carbons (Fsp3) is 0.667. The van der Waals surface area contributed by atoms with Gasteiger partial charge in [0.15, 0.2) is 0 Å². The Morgan fingerprint density at radius 1 is 1.50 bits per heavy atom. The molecule has 1 saturated heterocycles. The fourth-order valence-corrected chi connectivity index (χ4v) is 3.22. The molecule has 7 heteroatoms. The van der Waals surface area contributed by atoms with Gasteiger partial charge in [-0.1, -0.05) is 6.07 Å². The average Bonchev–Trinajstić information content (AvgIpc) is 3.02. The van der Waals surface area contributed by atoms with Crippen LogP contribution in [-0.4, -0.2) is 61.0 Å². The van der Waals surface area contributed by atoms with Crippen molar-refractivity contribution in [1.82, 2.24) is 15.5 Å². The number of ether oxygens (including phenoxy) is 1. The van der Waals surface area contributed by atoms with Gasteiger partial charge in [-0.15, -0.1) is 11.3 Å². The van der Waals surface area contributed by atoms with Gasteiger partial charge in [0.25, 0.3) is 0 Å². The number of rotatable bonds is 6. The molecule has 3 N–H and O–H groups in total. The Balaban J connectivity index is 1.94. The number of nitrogens with one attached hydrogen (secondary N) is 2. The van der Waals surface area contributed by atoms with Gasteiger partial charge in [-0.05, 0) is 25.3 Å². The molecule has 0 bridgehead atoms. The number of aliphatic hydroxyl groups excluding tert-OH is 1. The smallest absolute Gasteiger partial charge is 0.315 e. The number of urea groups is 1. The molecule has 0 radical (unpaired) electrons. The molecule has 6 nitrogen and oxygen atoms in total. The van der Waals surface area contributed by atoms with Crippen molar-refractivity contribution >= 4 is 17.4 Å². The number of carbonyl (C=O) groups is 1. The molecule has 1 fully saturated rings. The van der Waals surface area contributed by atoms with E-state index in [2.05, 4.69) is 27.0 Å². The molecule has 1 aromatic rings. The van der Waals surface area contributed by atoms with Crippen LogP contribution in [0.25, 0.3) is 0 Å². The Morgan fingerprint density at radius 3 is 2.82 bits per heavy atom. The van der Waals surface area contributed by atoms with Crippen molar-refractivity contribution in [2.45, 2.75) is 25.4 Å². The van der Waals surface area contributed by atoms with Crippen LogP contribution in [0.5, 0.6) is 0 Å². The summed E-state index contributed by atoms with van der Waals surface area (Å²) in [6.07, 6.45) is 0. The van der Waals surface area contributed by atoms with E-state index < -0.39 is 5.54 Å². The fourth-order valence-electron chi connectivity index (χ4n) is 2.36. The van der Waals surface area contributed by atoms with Crippen LogP contribution in [-0.2, 0) is 4.74 Å². The van der Waals surface area contributed by atoms with Crippen LogP contribution in [0.1, 0.15) is 24.8 Å². The van der Waals surface area contributed by atoms with E-state index in [-0.39, 0.29) is 18.7 Å². The van der Waals surface area contributed by atoms with Gasteiger partial charge in [0.2, 0.25) is 0 Å². The van der Waals surface area contributed by atoms with Crippen molar-refractivity contribution < 1.29 is 14.6 Å². The number of hydrogen-bond donors (Lipinski definition) is 3. The molecular formula is C15H25N3O3S. The standard InChI is InChI=1S/C15H25N3O3S/c1-15(2,11-19)17-14(20)16-10-12(13-4-3-9-22-13)18-5-7-21-8-6-18/h3-4,9,12,19H,5-8,10-11H2,1-2H3,(H2,16,17,20)/t12-/m1/s1. The molecule has 1 atom stereocenters. The van der Waals surface area contributed by atoms with Gasteiger partial charge in [-0.2, -0.15) is 0 Å². The number of nitrogens with zero attached hydrogens (tertiary/aromatic N) is 1. The number of morpholine rings is 1. The summed E-state index contributed by atoms with van der Waals surface area (Å²) < 4.78 is 5.41. The van der Waals surface area contributed by atoms with Gasteiger partial charge in [0, 0.05) is 24.5 Å². The highest BCUT2D eigenvalue weighted by Crippen LogP contribution is 2.25. The quantitative estimate of drug-likeness (QED) is 0.734. The van der Waals surface area contributed by atoms with Crippen molar-refractivity contribution in [3.63, 3.8) is 0 Å². The zero-order chi connectivity index (χ0) is 16.0. The van der Waals surface area contributed by atoms with E-state index in [0.717, 1.165) is 26.3 Å². The van der Waals surface area contributed by atoms with Crippen LogP contribution in [0.2, 0.25) is 0 Å². The highest BCUT2D eigenvalue weighted by Gasteiger charge is 2.25. The third kappa shape index (κ3) is 4.95. The molecule has 0 unspecified atom stereocenters. The number of hydrogen-bond acceptors (Lipinski definition) is 5. The largest absolute Gasteiger partial charge is 0.394 e. The Hall–Kier alpha value is -1.15. The normalized spacial score (nSPS) is 18.0. The Kier molecular flexibility index (Phi) is 6.19. The first-order valence-corrected chi connectivity index (χ1v) is 8.42. The van der Waals surface area contributed by atoms with Crippen LogP contribution >= 0.6 is 11.3 Å². The first kappa shape index (κ1) is 17.2. The Bertz CT molecular complexity index is 459. The summed E-state index contributed by atoms with van der Waals surface area (Å²) in [7, 11) is 0. The van der Waals surface area contributed by atoms with E-state index in [4.69, 9.17) is 4.74 Å². The van der Waals surface area contributed by atoms with Gasteiger partial charge < -0.3 is 20.5 Å². The molecule has 0 aromatic carbocycles. The molecule has 0 saturated carbocycles. The minimum Gasteiger partial charge on any atom is -0.394 e. The SMILES string of the molecule is CC(C)(CO)NC(=O)NC[C@H](c1cccs1)N1CCOCC1. The van der Waals surface area contributed by atoms with Crippen LogP contribution < -0.4 is 10.6 Å². The van der Waals surface area contributed by atoms with Crippen LogP contribution in [0.15, 0.2) is 17.5 Å². The van der Waals surface area contributed by atoms with E-state index in [9.17, 15) is 9.90 Å². The lowest BCUT2D eigenvalue weighted by Crippen LogP contribution is -2.52. The van der Waals surface area contributed by atoms with E-state index in [1.54, 1.807) is 25.2 Å². The van der Waals surface area contributed by atoms with E-state index in [1.165, 1.54) is 4.88 Å². The molecule has 1 aromatic heterocycles. The topological polar surface area (TPSA) is 73.8 Å². The Morgan fingerprint density at radius 2 is 2.23 bits per heavy atom. The highest BCUT2D eigenvalue weighted by molar-refractivity contribution is 7.10. The van der Waals surface area contributed by atoms with Crippen LogP contribution in [0.4, 0.5) is 4.79 Å².